The Morgan fingerprint density at radius 1 is 0.879 bits per heavy atom. The highest BCUT2D eigenvalue weighted by Gasteiger charge is 2.14. The van der Waals surface area contributed by atoms with Gasteiger partial charge in [0.2, 0.25) is 0 Å². The molecule has 0 bridgehead atoms. The number of hydrogen-bond donors (Lipinski definition) is 3. The topological polar surface area (TPSA) is 104 Å². The van der Waals surface area contributed by atoms with E-state index >= 15 is 0 Å². The summed E-state index contributed by atoms with van der Waals surface area (Å²) >= 11 is 1.68. The van der Waals surface area contributed by atoms with E-state index in [4.69, 9.17) is 10.2 Å². The highest BCUT2D eigenvalue weighted by molar-refractivity contribution is 7.98. The summed E-state index contributed by atoms with van der Waals surface area (Å²) in [7, 11) is 0. The van der Waals surface area contributed by atoms with Crippen LogP contribution in [0.2, 0.25) is 0 Å². The molecule has 0 aliphatic heterocycles. The van der Waals surface area contributed by atoms with Gasteiger partial charge in [-0.15, -0.1) is 11.8 Å². The van der Waals surface area contributed by atoms with Gasteiger partial charge in [0, 0.05) is 34.5 Å². The third-order valence-corrected chi connectivity index (χ3v) is 5.89. The normalized spacial score (nSPS) is 10.7. The van der Waals surface area contributed by atoms with Gasteiger partial charge in [0.15, 0.2) is 0 Å². The van der Waals surface area contributed by atoms with Crippen molar-refractivity contribution in [1.29, 1.82) is 0 Å². The molecule has 4 aromatic rings. The van der Waals surface area contributed by atoms with Gasteiger partial charge in [-0.25, -0.2) is 14.3 Å². The maximum absolute atomic E-state index is 11.2. The van der Waals surface area contributed by atoms with E-state index in [1.807, 2.05) is 36.7 Å². The predicted molar refractivity (Wildman–Crippen MR) is 128 cm³/mol. The van der Waals surface area contributed by atoms with Crippen LogP contribution in [0.5, 0.6) is 0 Å². The van der Waals surface area contributed by atoms with Crippen molar-refractivity contribution in [2.45, 2.75) is 11.4 Å². The van der Waals surface area contributed by atoms with Crippen LogP contribution in [0.3, 0.4) is 0 Å². The Morgan fingerprint density at radius 2 is 1.45 bits per heavy atom. The lowest BCUT2D eigenvalue weighted by molar-refractivity contribution is 0.0686. The molecule has 0 aliphatic carbocycles. The third-order valence-electron chi connectivity index (χ3n) is 5.15. The van der Waals surface area contributed by atoms with E-state index in [0.717, 1.165) is 22.5 Å². The second kappa shape index (κ2) is 9.62. The number of nitrogens with zero attached hydrogens (tertiary/aromatic N) is 2. The summed E-state index contributed by atoms with van der Waals surface area (Å²) in [4.78, 5) is 23.5. The zero-order chi connectivity index (χ0) is 23.4. The average Bonchev–Trinajstić information content (AvgIpc) is 3.27. The smallest absolute Gasteiger partial charge is 0.335 e. The fourth-order valence-electron chi connectivity index (χ4n) is 3.35. The third kappa shape index (κ3) is 5.07. The minimum absolute atomic E-state index is 0.200. The molecule has 3 aromatic carbocycles. The summed E-state index contributed by atoms with van der Waals surface area (Å²) in [5, 5.41) is 26.5. The second-order valence-corrected chi connectivity index (χ2v) is 8.14. The fourth-order valence-corrected chi connectivity index (χ4v) is 3.76. The van der Waals surface area contributed by atoms with E-state index in [0.29, 0.717) is 12.2 Å². The first-order valence-electron chi connectivity index (χ1n) is 10.1. The van der Waals surface area contributed by atoms with Gasteiger partial charge in [0.1, 0.15) is 0 Å². The highest BCUT2D eigenvalue weighted by Crippen LogP contribution is 2.26. The van der Waals surface area contributed by atoms with Gasteiger partial charge in [-0.2, -0.15) is 5.10 Å². The number of thioether (sulfide) groups is 1. The van der Waals surface area contributed by atoms with E-state index < -0.39 is 11.9 Å². The van der Waals surface area contributed by atoms with Crippen LogP contribution in [0.1, 0.15) is 26.3 Å². The number of nitrogens with one attached hydrogen (secondary N) is 1. The van der Waals surface area contributed by atoms with Gasteiger partial charge in [-0.1, -0.05) is 12.1 Å². The van der Waals surface area contributed by atoms with Crippen LogP contribution in [0.4, 0.5) is 5.69 Å². The monoisotopic (exact) mass is 459 g/mol. The molecule has 0 unspecified atom stereocenters. The molecule has 3 N–H and O–H groups in total. The van der Waals surface area contributed by atoms with Crippen LogP contribution in [-0.4, -0.2) is 38.2 Å². The van der Waals surface area contributed by atoms with Crippen molar-refractivity contribution in [1.82, 2.24) is 9.78 Å². The molecule has 1 heterocycles. The zero-order valence-electron chi connectivity index (χ0n) is 17.7. The molecule has 33 heavy (non-hydrogen) atoms. The summed E-state index contributed by atoms with van der Waals surface area (Å²) in [5.41, 5.74) is 4.51. The molecule has 0 fully saturated rings. The Hall–Kier alpha value is -4.04. The summed E-state index contributed by atoms with van der Waals surface area (Å²) in [6, 6.07) is 21.2. The molecule has 0 atom stereocenters. The van der Waals surface area contributed by atoms with Crippen molar-refractivity contribution in [3.8, 4) is 16.9 Å². The first-order valence-corrected chi connectivity index (χ1v) is 11.3. The van der Waals surface area contributed by atoms with Gasteiger partial charge >= 0.3 is 11.9 Å². The summed E-state index contributed by atoms with van der Waals surface area (Å²) in [6.45, 7) is 0.502. The fraction of sp³-hybridized carbons (Fsp3) is 0.0800. The second-order valence-electron chi connectivity index (χ2n) is 7.26. The first kappa shape index (κ1) is 22.2. The number of carboxylic acid groups (broad SMARTS) is 2. The molecule has 0 saturated carbocycles. The minimum atomic E-state index is -0.987. The summed E-state index contributed by atoms with van der Waals surface area (Å²) in [6.07, 6.45) is 3.92. The lowest BCUT2D eigenvalue weighted by Gasteiger charge is -2.07. The van der Waals surface area contributed by atoms with Crippen LogP contribution in [0.25, 0.3) is 16.9 Å². The predicted octanol–water partition coefficient (Wildman–Crippen LogP) is 5.27. The van der Waals surface area contributed by atoms with Gasteiger partial charge in [0.25, 0.3) is 0 Å². The van der Waals surface area contributed by atoms with Gasteiger partial charge in [-0.05, 0) is 66.9 Å². The highest BCUT2D eigenvalue weighted by atomic mass is 32.2. The molecule has 0 spiro atoms. The zero-order valence-corrected chi connectivity index (χ0v) is 18.5. The Labute approximate surface area is 194 Å². The van der Waals surface area contributed by atoms with Crippen LogP contribution >= 0.6 is 11.8 Å². The van der Waals surface area contributed by atoms with Crippen molar-refractivity contribution in [2.75, 3.05) is 11.6 Å². The summed E-state index contributed by atoms with van der Waals surface area (Å²) in [5.74, 6) is -1.97. The van der Waals surface area contributed by atoms with E-state index in [1.54, 1.807) is 52.8 Å². The van der Waals surface area contributed by atoms with Gasteiger partial charge < -0.3 is 15.5 Å². The van der Waals surface area contributed by atoms with E-state index in [1.165, 1.54) is 17.0 Å². The molecule has 0 radical (unpaired) electrons. The van der Waals surface area contributed by atoms with E-state index in [2.05, 4.69) is 5.32 Å². The summed E-state index contributed by atoms with van der Waals surface area (Å²) < 4.78 is 1.69. The van der Waals surface area contributed by atoms with Crippen LogP contribution in [-0.2, 0) is 6.54 Å². The van der Waals surface area contributed by atoms with Crippen LogP contribution in [0.15, 0.2) is 83.9 Å². The average molecular weight is 460 g/mol. The van der Waals surface area contributed by atoms with Crippen molar-refractivity contribution in [3.05, 3.63) is 95.7 Å². The van der Waals surface area contributed by atoms with Crippen LogP contribution < -0.4 is 5.32 Å². The number of aromatic nitrogens is 2. The molecular formula is C25H21N3O4S. The molecule has 4 rings (SSSR count). The molecule has 166 valence electrons. The number of benzene rings is 3. The van der Waals surface area contributed by atoms with Gasteiger partial charge in [0.05, 0.1) is 22.5 Å². The molecule has 0 saturated heterocycles. The molecule has 0 aliphatic rings. The Kier molecular flexibility index (Phi) is 6.46. The Morgan fingerprint density at radius 3 is 2.00 bits per heavy atom. The van der Waals surface area contributed by atoms with Crippen molar-refractivity contribution >= 4 is 29.4 Å². The van der Waals surface area contributed by atoms with E-state index in [9.17, 15) is 14.7 Å². The standard InChI is InChI=1S/C25H21N3O4S/c1-33-22-12-8-20(9-13-22)26-14-19-15-28(21-10-6-18(7-11-21)25(31)32)27-23(19)16-2-4-17(5-3-16)24(29)30/h2-13,15,26H,14H2,1H3,(H,29,30)(H,31,32). The number of carboxylic acids is 2. The van der Waals surface area contributed by atoms with Crippen molar-refractivity contribution in [2.24, 2.45) is 0 Å². The SMILES string of the molecule is CSc1ccc(NCc2cn(-c3ccc(C(=O)O)cc3)nc2-c2ccc(C(=O)O)cc2)cc1. The lowest BCUT2D eigenvalue weighted by Crippen LogP contribution is -2.00. The molecule has 1 aromatic heterocycles. The molecular weight excluding hydrogens is 438 g/mol. The minimum Gasteiger partial charge on any atom is -0.478 e. The number of rotatable bonds is 8. The first-order chi connectivity index (χ1) is 15.9. The van der Waals surface area contributed by atoms with Crippen molar-refractivity contribution < 1.29 is 19.8 Å². The Bertz CT molecular complexity index is 1280. The maximum Gasteiger partial charge on any atom is 0.335 e. The Balaban J connectivity index is 1.67. The molecule has 0 amide bonds. The van der Waals surface area contributed by atoms with Crippen LogP contribution in [0, 0.1) is 0 Å². The molecule has 7 nitrogen and oxygen atoms in total. The number of carbonyl (C=O) groups is 2. The maximum atomic E-state index is 11.2. The number of hydrogen-bond acceptors (Lipinski definition) is 5. The van der Waals surface area contributed by atoms with Gasteiger partial charge in [-0.3, -0.25) is 0 Å². The molecule has 8 heteroatoms. The quantitative estimate of drug-likeness (QED) is 0.308. The largest absolute Gasteiger partial charge is 0.478 e. The van der Waals surface area contributed by atoms with Crippen molar-refractivity contribution in [3.63, 3.8) is 0 Å². The lowest BCUT2D eigenvalue weighted by atomic mass is 10.1. The van der Waals surface area contributed by atoms with E-state index in [-0.39, 0.29) is 11.1 Å². The number of anilines is 1. The number of aromatic carboxylic acids is 2.